The van der Waals surface area contributed by atoms with Crippen molar-refractivity contribution in [1.29, 1.82) is 0 Å². The number of carbonyl (C=O) groups is 1. The number of halogens is 1. The Morgan fingerprint density at radius 1 is 1.18 bits per heavy atom. The lowest BCUT2D eigenvalue weighted by molar-refractivity contribution is 0.568. The van der Waals surface area contributed by atoms with Crippen molar-refractivity contribution in [1.82, 2.24) is 15.2 Å². The van der Waals surface area contributed by atoms with Crippen LogP contribution in [0.4, 0.5) is 5.69 Å². The zero-order valence-corrected chi connectivity index (χ0v) is 13.1. The van der Waals surface area contributed by atoms with Gasteiger partial charge < -0.3 is 9.61 Å². The van der Waals surface area contributed by atoms with Gasteiger partial charge in [-0.3, -0.25) is 4.98 Å². The van der Waals surface area contributed by atoms with Gasteiger partial charge in [0, 0.05) is 34.5 Å². The number of nitrogens with zero attached hydrogens (tertiary/aromatic N) is 4. The maximum absolute atomic E-state index is 10.9. The fourth-order valence-corrected chi connectivity index (χ4v) is 2.69. The molecule has 2 aromatic heterocycles. The highest BCUT2D eigenvalue weighted by molar-refractivity contribution is 9.10. The molecule has 0 atom stereocenters. The number of fused-ring (bicyclic) bond motifs is 1. The van der Waals surface area contributed by atoms with Gasteiger partial charge in [-0.2, -0.15) is 10.2 Å². The number of pyridine rings is 1. The fraction of sp³-hybridized carbons (Fsp3) is 0.0667. The van der Waals surface area contributed by atoms with Gasteiger partial charge in [0.25, 0.3) is 0 Å². The molecule has 22 heavy (non-hydrogen) atoms. The second kappa shape index (κ2) is 6.66. The van der Waals surface area contributed by atoms with E-state index in [-0.39, 0.29) is 0 Å². The molecule has 0 N–H and O–H groups in total. The van der Waals surface area contributed by atoms with Crippen molar-refractivity contribution in [3.63, 3.8) is 0 Å². The molecule has 7 heteroatoms. The molecule has 0 aliphatic rings. The average Bonchev–Trinajstić information content (AvgIpc) is 2.56. The molecule has 3 rings (SSSR count). The van der Waals surface area contributed by atoms with Crippen LogP contribution in [0.15, 0.2) is 53.5 Å². The van der Waals surface area contributed by atoms with Crippen molar-refractivity contribution in [2.75, 3.05) is 4.81 Å². The van der Waals surface area contributed by atoms with Gasteiger partial charge in [0.05, 0.1) is 12.4 Å². The third kappa shape index (κ3) is 3.14. The first-order valence-corrected chi connectivity index (χ1v) is 7.41. The van der Waals surface area contributed by atoms with Crippen LogP contribution in [0.2, 0.25) is 0 Å². The monoisotopic (exact) mass is 353 g/mol. The van der Waals surface area contributed by atoms with Gasteiger partial charge in [0.2, 0.25) is 0 Å². The van der Waals surface area contributed by atoms with Crippen LogP contribution in [0.25, 0.3) is 10.8 Å². The minimum atomic E-state index is 0.565. The minimum Gasteiger partial charge on any atom is -0.407 e. The number of benzene rings is 1. The van der Waals surface area contributed by atoms with Crippen molar-refractivity contribution in [2.24, 2.45) is 0 Å². The molecule has 0 bridgehead atoms. The summed E-state index contributed by atoms with van der Waals surface area (Å²) in [6.45, 7) is 0.565. The van der Waals surface area contributed by atoms with E-state index in [2.05, 4.69) is 37.2 Å². The SMILES string of the molecule is O=C[B]N(Cc1ccc2cncc(Br)c2c1)c1ccnnc1. The summed E-state index contributed by atoms with van der Waals surface area (Å²) in [5, 5.41) is 9.76. The Kier molecular flexibility index (Phi) is 4.43. The quantitative estimate of drug-likeness (QED) is 0.521. The number of carbonyl (C=O) groups excluding carboxylic acids is 1. The molecule has 0 amide bonds. The summed E-state index contributed by atoms with van der Waals surface area (Å²) < 4.78 is 0.948. The third-order valence-electron chi connectivity index (χ3n) is 3.27. The maximum atomic E-state index is 10.9. The predicted molar refractivity (Wildman–Crippen MR) is 90.2 cm³/mol. The van der Waals surface area contributed by atoms with Gasteiger partial charge in [0.15, 0.2) is 0 Å². The highest BCUT2D eigenvalue weighted by atomic mass is 79.9. The van der Waals surface area contributed by atoms with E-state index in [9.17, 15) is 4.79 Å². The van der Waals surface area contributed by atoms with E-state index in [1.165, 1.54) is 7.41 Å². The molecule has 0 spiro atoms. The summed E-state index contributed by atoms with van der Waals surface area (Å²) in [6.07, 6.45) is 7.59. The highest BCUT2D eigenvalue weighted by Crippen LogP contribution is 2.24. The van der Waals surface area contributed by atoms with Crippen LogP contribution >= 0.6 is 15.9 Å². The normalized spacial score (nSPS) is 10.4. The van der Waals surface area contributed by atoms with Crippen LogP contribution in [0, 0.1) is 0 Å². The molecule has 0 fully saturated rings. The van der Waals surface area contributed by atoms with Crippen molar-refractivity contribution >= 4 is 46.0 Å². The van der Waals surface area contributed by atoms with Crippen molar-refractivity contribution < 1.29 is 4.79 Å². The van der Waals surface area contributed by atoms with Gasteiger partial charge in [-0.15, -0.1) is 0 Å². The lowest BCUT2D eigenvalue weighted by Gasteiger charge is -2.21. The molecule has 5 nitrogen and oxygen atoms in total. The predicted octanol–water partition coefficient (Wildman–Crippen LogP) is 2.60. The number of hydrogen-bond donors (Lipinski definition) is 0. The van der Waals surface area contributed by atoms with E-state index < -0.39 is 0 Å². The maximum Gasteiger partial charge on any atom is 0.329 e. The molecule has 1 aromatic carbocycles. The molecule has 0 aliphatic heterocycles. The zero-order valence-electron chi connectivity index (χ0n) is 11.6. The molecule has 0 aliphatic carbocycles. The lowest BCUT2D eigenvalue weighted by Crippen LogP contribution is -2.28. The molecule has 0 saturated heterocycles. The van der Waals surface area contributed by atoms with Crippen molar-refractivity contribution in [3.05, 3.63) is 59.1 Å². The first-order valence-electron chi connectivity index (χ1n) is 6.62. The summed E-state index contributed by atoms with van der Waals surface area (Å²) in [5.41, 5.74) is 1.89. The number of anilines is 1. The lowest BCUT2D eigenvalue weighted by atomic mass is 9.92. The molecular weight excluding hydrogens is 343 g/mol. The van der Waals surface area contributed by atoms with E-state index in [1.54, 1.807) is 18.6 Å². The fourth-order valence-electron chi connectivity index (χ4n) is 2.23. The molecule has 0 unspecified atom stereocenters. The Morgan fingerprint density at radius 2 is 2.09 bits per heavy atom. The van der Waals surface area contributed by atoms with Crippen LogP contribution < -0.4 is 4.81 Å². The third-order valence-corrected chi connectivity index (χ3v) is 3.90. The molecule has 107 valence electrons. The first-order chi connectivity index (χ1) is 10.8. The molecular formula is C15H11BBrN4O. The van der Waals surface area contributed by atoms with Crippen LogP contribution in [-0.2, 0) is 11.3 Å². The van der Waals surface area contributed by atoms with Crippen molar-refractivity contribution in [3.8, 4) is 0 Å². The van der Waals surface area contributed by atoms with E-state index in [0.29, 0.717) is 6.54 Å². The number of hydrogen-bond acceptors (Lipinski definition) is 5. The smallest absolute Gasteiger partial charge is 0.329 e. The zero-order chi connectivity index (χ0) is 15.4. The first kappa shape index (κ1) is 14.7. The highest BCUT2D eigenvalue weighted by Gasteiger charge is 2.10. The summed E-state index contributed by atoms with van der Waals surface area (Å²) in [7, 11) is 1.49. The summed E-state index contributed by atoms with van der Waals surface area (Å²) >= 11 is 3.51. The van der Waals surface area contributed by atoms with Crippen LogP contribution in [0.1, 0.15) is 5.56 Å². The van der Waals surface area contributed by atoms with Gasteiger partial charge >= 0.3 is 7.41 Å². The largest absolute Gasteiger partial charge is 0.407 e. The Balaban J connectivity index is 1.93. The Labute approximate surface area is 136 Å². The topological polar surface area (TPSA) is 59.0 Å². The Morgan fingerprint density at radius 3 is 2.86 bits per heavy atom. The standard InChI is InChI=1S/C15H11BBrN4O/c17-15-8-18-6-12-2-1-11(5-14(12)15)9-21(16-10-22)13-3-4-19-20-7-13/h1-8,10H,9H2. The van der Waals surface area contributed by atoms with Gasteiger partial charge in [0.1, 0.15) is 6.19 Å². The average molecular weight is 354 g/mol. The van der Waals surface area contributed by atoms with Crippen LogP contribution in [0.5, 0.6) is 0 Å². The summed E-state index contributed by atoms with van der Waals surface area (Å²) in [5.74, 6) is 0. The summed E-state index contributed by atoms with van der Waals surface area (Å²) in [6, 6.07) is 7.94. The van der Waals surface area contributed by atoms with E-state index >= 15 is 0 Å². The van der Waals surface area contributed by atoms with Crippen molar-refractivity contribution in [2.45, 2.75) is 6.54 Å². The second-order valence-corrected chi connectivity index (χ2v) is 5.54. The van der Waals surface area contributed by atoms with Gasteiger partial charge in [-0.1, -0.05) is 12.1 Å². The van der Waals surface area contributed by atoms with E-state index in [0.717, 1.165) is 32.7 Å². The second-order valence-electron chi connectivity index (χ2n) is 4.69. The molecule has 3 aromatic rings. The Hall–Kier alpha value is -2.28. The molecule has 1 radical (unpaired) electrons. The van der Waals surface area contributed by atoms with E-state index in [1.807, 2.05) is 29.2 Å². The van der Waals surface area contributed by atoms with Crippen LogP contribution in [0.3, 0.4) is 0 Å². The minimum absolute atomic E-state index is 0.565. The number of rotatable bonds is 5. The van der Waals surface area contributed by atoms with Gasteiger partial charge in [-0.05, 0) is 39.0 Å². The van der Waals surface area contributed by atoms with E-state index in [4.69, 9.17) is 0 Å². The summed E-state index contributed by atoms with van der Waals surface area (Å²) in [4.78, 5) is 16.9. The Bertz CT molecular complexity index is 800. The molecule has 0 saturated carbocycles. The molecule has 2 heterocycles. The van der Waals surface area contributed by atoms with Gasteiger partial charge in [-0.25, -0.2) is 0 Å². The van der Waals surface area contributed by atoms with Crippen LogP contribution in [-0.4, -0.2) is 28.8 Å². The number of aromatic nitrogens is 3.